The number of carbonyl (C=O) groups is 1. The Labute approximate surface area is 157 Å². The Morgan fingerprint density at radius 1 is 1.38 bits per heavy atom. The zero-order valence-corrected chi connectivity index (χ0v) is 15.4. The molecule has 0 spiro atoms. The molecule has 0 heterocycles. The molecular formula is C17H16BrN3O5. The van der Waals surface area contributed by atoms with Crippen LogP contribution in [0.3, 0.4) is 0 Å². The molecule has 9 heteroatoms. The van der Waals surface area contributed by atoms with Gasteiger partial charge in [-0.15, -0.1) is 0 Å². The predicted molar refractivity (Wildman–Crippen MR) is 99.7 cm³/mol. The second kappa shape index (κ2) is 8.95. The van der Waals surface area contributed by atoms with Crippen LogP contribution < -0.4 is 10.2 Å². The maximum absolute atomic E-state index is 12.0. The topological polar surface area (TPSA) is 114 Å². The number of rotatable bonds is 7. The van der Waals surface area contributed by atoms with Crippen molar-refractivity contribution in [1.29, 1.82) is 0 Å². The van der Waals surface area contributed by atoms with Crippen molar-refractivity contribution in [2.24, 2.45) is 5.10 Å². The number of phenolic OH excluding ortho intramolecular Hbond substituents is 1. The first-order valence-electron chi connectivity index (χ1n) is 7.65. The summed E-state index contributed by atoms with van der Waals surface area (Å²) in [4.78, 5) is 22.2. The molecule has 0 radical (unpaired) electrons. The SMILES string of the molecule is CCCOc1ccc(C(=O)N/N=C\c2cc(Br)cc([N+](=O)[O-])c2O)cc1. The molecule has 0 aliphatic carbocycles. The minimum absolute atomic E-state index is 0.0923. The number of nitrogens with one attached hydrogen (secondary N) is 1. The van der Waals surface area contributed by atoms with E-state index in [1.807, 2.05) is 6.92 Å². The van der Waals surface area contributed by atoms with Crippen LogP contribution in [0.4, 0.5) is 5.69 Å². The third kappa shape index (κ3) is 5.03. The van der Waals surface area contributed by atoms with E-state index in [1.54, 1.807) is 24.3 Å². The van der Waals surface area contributed by atoms with Gasteiger partial charge in [0.2, 0.25) is 5.75 Å². The number of nitro groups is 1. The summed E-state index contributed by atoms with van der Waals surface area (Å²) >= 11 is 3.12. The van der Waals surface area contributed by atoms with E-state index in [1.165, 1.54) is 12.1 Å². The number of halogens is 1. The Kier molecular flexibility index (Phi) is 6.67. The number of ether oxygens (including phenoxy) is 1. The van der Waals surface area contributed by atoms with E-state index < -0.39 is 22.3 Å². The van der Waals surface area contributed by atoms with E-state index in [0.29, 0.717) is 22.4 Å². The van der Waals surface area contributed by atoms with Crippen LogP contribution in [0, 0.1) is 10.1 Å². The number of phenols is 1. The van der Waals surface area contributed by atoms with E-state index in [2.05, 4.69) is 26.5 Å². The molecule has 0 unspecified atom stereocenters. The zero-order valence-electron chi connectivity index (χ0n) is 13.8. The van der Waals surface area contributed by atoms with E-state index in [4.69, 9.17) is 4.74 Å². The highest BCUT2D eigenvalue weighted by molar-refractivity contribution is 9.10. The first-order valence-corrected chi connectivity index (χ1v) is 8.44. The molecular weight excluding hydrogens is 406 g/mol. The lowest BCUT2D eigenvalue weighted by Gasteiger charge is -2.05. The van der Waals surface area contributed by atoms with Gasteiger partial charge in [-0.2, -0.15) is 5.10 Å². The van der Waals surface area contributed by atoms with Crippen LogP contribution in [-0.2, 0) is 0 Å². The van der Waals surface area contributed by atoms with Gasteiger partial charge < -0.3 is 9.84 Å². The maximum Gasteiger partial charge on any atom is 0.312 e. The largest absolute Gasteiger partial charge is 0.502 e. The van der Waals surface area contributed by atoms with Crippen LogP contribution in [0.2, 0.25) is 0 Å². The molecule has 0 saturated carbocycles. The van der Waals surface area contributed by atoms with Gasteiger partial charge in [0.1, 0.15) is 5.75 Å². The molecule has 8 nitrogen and oxygen atoms in total. The highest BCUT2D eigenvalue weighted by Gasteiger charge is 2.17. The monoisotopic (exact) mass is 421 g/mol. The lowest BCUT2D eigenvalue weighted by atomic mass is 10.2. The maximum atomic E-state index is 12.0. The molecule has 0 atom stereocenters. The predicted octanol–water partition coefficient (Wildman–Crippen LogP) is 3.62. The average Bonchev–Trinajstić information content (AvgIpc) is 2.62. The van der Waals surface area contributed by atoms with Gasteiger partial charge in [-0.1, -0.05) is 22.9 Å². The summed E-state index contributed by atoms with van der Waals surface area (Å²) in [6.07, 6.45) is 2.02. The molecule has 2 aromatic carbocycles. The van der Waals surface area contributed by atoms with Crippen LogP contribution in [0.25, 0.3) is 0 Å². The van der Waals surface area contributed by atoms with E-state index >= 15 is 0 Å². The van der Waals surface area contributed by atoms with Crippen LogP contribution in [0.5, 0.6) is 11.5 Å². The molecule has 0 aliphatic rings. The smallest absolute Gasteiger partial charge is 0.312 e. The van der Waals surface area contributed by atoms with E-state index in [-0.39, 0.29) is 5.56 Å². The van der Waals surface area contributed by atoms with Crippen molar-refractivity contribution in [3.63, 3.8) is 0 Å². The van der Waals surface area contributed by atoms with Crippen molar-refractivity contribution in [3.8, 4) is 11.5 Å². The molecule has 0 bridgehead atoms. The fourth-order valence-corrected chi connectivity index (χ4v) is 2.45. The number of benzene rings is 2. The Balaban J connectivity index is 2.06. The van der Waals surface area contributed by atoms with E-state index in [0.717, 1.165) is 12.6 Å². The van der Waals surface area contributed by atoms with Gasteiger partial charge >= 0.3 is 5.69 Å². The molecule has 136 valence electrons. The summed E-state index contributed by atoms with van der Waals surface area (Å²) < 4.78 is 5.84. The number of aromatic hydroxyl groups is 1. The van der Waals surface area contributed by atoms with Crippen LogP contribution in [-0.4, -0.2) is 28.8 Å². The molecule has 2 N–H and O–H groups in total. The van der Waals surface area contributed by atoms with Gasteiger partial charge in [0, 0.05) is 21.7 Å². The number of carbonyl (C=O) groups excluding carboxylic acids is 1. The fourth-order valence-electron chi connectivity index (χ4n) is 1.99. The van der Waals surface area contributed by atoms with Crippen molar-refractivity contribution >= 4 is 33.7 Å². The lowest BCUT2D eigenvalue weighted by molar-refractivity contribution is -0.385. The summed E-state index contributed by atoms with van der Waals surface area (Å²) in [5.74, 6) is -0.334. The first kappa shape index (κ1) is 19.4. The Hall–Kier alpha value is -2.94. The average molecular weight is 422 g/mol. The van der Waals surface area contributed by atoms with Crippen LogP contribution in [0.1, 0.15) is 29.3 Å². The first-order chi connectivity index (χ1) is 12.4. The Bertz CT molecular complexity index is 837. The number of amides is 1. The molecule has 0 aromatic heterocycles. The molecule has 0 saturated heterocycles. The normalized spacial score (nSPS) is 10.7. The highest BCUT2D eigenvalue weighted by Crippen LogP contribution is 2.32. The summed E-state index contributed by atoms with van der Waals surface area (Å²) in [5, 5.41) is 24.5. The number of hydrogen-bond acceptors (Lipinski definition) is 6. The standard InChI is InChI=1S/C17H16BrN3O5/c1-2-7-26-14-5-3-11(4-6-14)17(23)20-19-10-12-8-13(18)9-15(16(12)22)21(24)25/h3-6,8-10,22H,2,7H2,1H3,(H,20,23)/b19-10-. The summed E-state index contributed by atoms with van der Waals surface area (Å²) in [6.45, 7) is 2.59. The minimum atomic E-state index is -0.710. The second-order valence-corrected chi connectivity index (χ2v) is 6.11. The third-order valence-corrected chi connectivity index (χ3v) is 3.70. The Morgan fingerprint density at radius 3 is 2.69 bits per heavy atom. The third-order valence-electron chi connectivity index (χ3n) is 3.24. The summed E-state index contributed by atoms with van der Waals surface area (Å²) in [7, 11) is 0. The van der Waals surface area contributed by atoms with Gasteiger partial charge in [0.25, 0.3) is 5.91 Å². The van der Waals surface area contributed by atoms with Crippen molar-refractivity contribution in [2.75, 3.05) is 6.61 Å². The zero-order chi connectivity index (χ0) is 19.1. The van der Waals surface area contributed by atoms with Gasteiger partial charge in [0.15, 0.2) is 0 Å². The molecule has 0 fully saturated rings. The van der Waals surface area contributed by atoms with Crippen LogP contribution >= 0.6 is 15.9 Å². The highest BCUT2D eigenvalue weighted by atomic mass is 79.9. The number of nitrogens with zero attached hydrogens (tertiary/aromatic N) is 2. The molecule has 2 aromatic rings. The van der Waals surface area contributed by atoms with Crippen molar-refractivity contribution in [2.45, 2.75) is 13.3 Å². The molecule has 26 heavy (non-hydrogen) atoms. The quantitative estimate of drug-likeness (QED) is 0.402. The number of nitro benzene ring substituents is 1. The number of hydrazone groups is 1. The van der Waals surface area contributed by atoms with Crippen molar-refractivity contribution in [3.05, 3.63) is 62.1 Å². The second-order valence-electron chi connectivity index (χ2n) is 5.19. The molecule has 1 amide bonds. The summed E-state index contributed by atoms with van der Waals surface area (Å²) in [6, 6.07) is 9.16. The Morgan fingerprint density at radius 2 is 2.08 bits per heavy atom. The van der Waals surface area contributed by atoms with Crippen molar-refractivity contribution < 1.29 is 19.6 Å². The fraction of sp³-hybridized carbons (Fsp3) is 0.176. The number of hydrogen-bond donors (Lipinski definition) is 2. The summed E-state index contributed by atoms with van der Waals surface area (Å²) in [5.41, 5.74) is 2.30. The minimum Gasteiger partial charge on any atom is -0.502 e. The van der Waals surface area contributed by atoms with Crippen molar-refractivity contribution in [1.82, 2.24) is 5.43 Å². The van der Waals surface area contributed by atoms with Gasteiger partial charge in [-0.3, -0.25) is 14.9 Å². The lowest BCUT2D eigenvalue weighted by Crippen LogP contribution is -2.17. The van der Waals surface area contributed by atoms with Gasteiger partial charge in [-0.05, 0) is 36.8 Å². The van der Waals surface area contributed by atoms with Gasteiger partial charge in [-0.25, -0.2) is 5.43 Å². The van der Waals surface area contributed by atoms with Crippen LogP contribution in [0.15, 0.2) is 46.0 Å². The van der Waals surface area contributed by atoms with E-state index in [9.17, 15) is 20.0 Å². The molecule has 2 rings (SSSR count). The molecule has 0 aliphatic heterocycles. The van der Waals surface area contributed by atoms with Gasteiger partial charge in [0.05, 0.1) is 17.7 Å².